The number of carbonyl (C=O) groups excluding carboxylic acids is 1. The highest BCUT2D eigenvalue weighted by molar-refractivity contribution is 8.00. The summed E-state index contributed by atoms with van der Waals surface area (Å²) in [4.78, 5) is 12.5. The van der Waals surface area contributed by atoms with Crippen molar-refractivity contribution in [2.45, 2.75) is 36.8 Å². The summed E-state index contributed by atoms with van der Waals surface area (Å²) in [6.45, 7) is 3.79. The van der Waals surface area contributed by atoms with Crippen molar-refractivity contribution >= 4 is 17.5 Å². The molecule has 0 amide bonds. The summed E-state index contributed by atoms with van der Waals surface area (Å²) in [6, 6.07) is 10.1. The lowest BCUT2D eigenvalue weighted by molar-refractivity contribution is -0.116. The Labute approximate surface area is 89.9 Å². The fourth-order valence-electron chi connectivity index (χ4n) is 1.27. The average molecular weight is 208 g/mol. The van der Waals surface area contributed by atoms with E-state index >= 15 is 0 Å². The summed E-state index contributed by atoms with van der Waals surface area (Å²) in [5, 5.41) is 0.127. The molecule has 0 aromatic heterocycles. The molecule has 1 rings (SSSR count). The Morgan fingerprint density at radius 2 is 2.00 bits per heavy atom. The molecule has 0 saturated carbocycles. The summed E-state index contributed by atoms with van der Waals surface area (Å²) in [5.41, 5.74) is 0. The highest BCUT2D eigenvalue weighted by atomic mass is 32.2. The van der Waals surface area contributed by atoms with Crippen LogP contribution in [0, 0.1) is 0 Å². The number of hydrogen-bond donors (Lipinski definition) is 0. The largest absolute Gasteiger partial charge is 0.299 e. The smallest absolute Gasteiger partial charge is 0.143 e. The van der Waals surface area contributed by atoms with Gasteiger partial charge in [0.1, 0.15) is 5.78 Å². The molecule has 1 aromatic carbocycles. The van der Waals surface area contributed by atoms with Crippen LogP contribution in [0.15, 0.2) is 35.2 Å². The molecule has 0 N–H and O–H groups in total. The molecule has 0 aliphatic carbocycles. The Kier molecular flexibility index (Phi) is 4.74. The summed E-state index contributed by atoms with van der Waals surface area (Å²) in [6.07, 6.45) is 2.03. The van der Waals surface area contributed by atoms with Crippen molar-refractivity contribution in [1.29, 1.82) is 0 Å². The van der Waals surface area contributed by atoms with Crippen molar-refractivity contribution in [3.63, 3.8) is 0 Å². The second-order valence-electron chi connectivity index (χ2n) is 3.32. The maximum atomic E-state index is 11.3. The van der Waals surface area contributed by atoms with Crippen LogP contribution in [0.1, 0.15) is 26.7 Å². The number of thioether (sulfide) groups is 1. The van der Waals surface area contributed by atoms with E-state index in [2.05, 4.69) is 19.1 Å². The zero-order valence-corrected chi connectivity index (χ0v) is 9.51. The zero-order valence-electron chi connectivity index (χ0n) is 8.69. The van der Waals surface area contributed by atoms with Gasteiger partial charge in [0.25, 0.3) is 0 Å². The van der Waals surface area contributed by atoms with Gasteiger partial charge in [-0.1, -0.05) is 31.5 Å². The quantitative estimate of drug-likeness (QED) is 0.688. The fraction of sp³-hybridized carbons (Fsp3) is 0.417. The molecule has 0 radical (unpaired) electrons. The number of ketones is 1. The molecule has 0 aliphatic rings. The molecule has 0 heterocycles. The SMILES string of the molecule is CCC[C@@H](Sc1ccccc1)C(C)=O. The van der Waals surface area contributed by atoms with Crippen LogP contribution >= 0.6 is 11.8 Å². The second kappa shape index (κ2) is 5.86. The van der Waals surface area contributed by atoms with Crippen molar-refractivity contribution < 1.29 is 4.79 Å². The summed E-state index contributed by atoms with van der Waals surface area (Å²) < 4.78 is 0. The van der Waals surface area contributed by atoms with Crippen molar-refractivity contribution in [2.75, 3.05) is 0 Å². The lowest BCUT2D eigenvalue weighted by Gasteiger charge is -2.11. The Balaban J connectivity index is 2.60. The van der Waals surface area contributed by atoms with E-state index in [4.69, 9.17) is 0 Å². The van der Waals surface area contributed by atoms with Gasteiger partial charge in [0.15, 0.2) is 0 Å². The van der Waals surface area contributed by atoms with E-state index in [9.17, 15) is 4.79 Å². The van der Waals surface area contributed by atoms with Crippen molar-refractivity contribution in [2.24, 2.45) is 0 Å². The van der Waals surface area contributed by atoms with E-state index in [1.165, 1.54) is 4.90 Å². The molecule has 1 atom stereocenters. The van der Waals surface area contributed by atoms with E-state index in [1.807, 2.05) is 18.2 Å². The Bertz CT molecular complexity index is 282. The minimum atomic E-state index is 0.127. The molecule has 0 aliphatic heterocycles. The van der Waals surface area contributed by atoms with E-state index < -0.39 is 0 Å². The third-order valence-corrected chi connectivity index (χ3v) is 3.42. The predicted molar refractivity (Wildman–Crippen MR) is 61.7 cm³/mol. The van der Waals surface area contributed by atoms with Crippen LogP contribution < -0.4 is 0 Å². The first-order valence-electron chi connectivity index (χ1n) is 4.96. The predicted octanol–water partition coefficient (Wildman–Crippen LogP) is 3.54. The van der Waals surface area contributed by atoms with Crippen LogP contribution in [0.2, 0.25) is 0 Å². The highest BCUT2D eigenvalue weighted by Gasteiger charge is 2.13. The van der Waals surface area contributed by atoms with Gasteiger partial charge < -0.3 is 0 Å². The van der Waals surface area contributed by atoms with Gasteiger partial charge in [0, 0.05) is 4.90 Å². The van der Waals surface area contributed by atoms with Crippen LogP contribution in [0.25, 0.3) is 0 Å². The molecule has 1 aromatic rings. The Morgan fingerprint density at radius 1 is 1.36 bits per heavy atom. The summed E-state index contributed by atoms with van der Waals surface area (Å²) >= 11 is 1.67. The number of hydrogen-bond acceptors (Lipinski definition) is 2. The number of Topliss-reactive ketones (excluding diaryl/α,β-unsaturated/α-hetero) is 1. The molecule has 2 heteroatoms. The molecule has 0 bridgehead atoms. The van der Waals surface area contributed by atoms with Gasteiger partial charge in [-0.2, -0.15) is 0 Å². The molecule has 0 fully saturated rings. The molecular weight excluding hydrogens is 192 g/mol. The summed E-state index contributed by atoms with van der Waals surface area (Å²) in [5.74, 6) is 0.278. The molecule has 76 valence electrons. The van der Waals surface area contributed by atoms with Crippen molar-refractivity contribution in [3.05, 3.63) is 30.3 Å². The van der Waals surface area contributed by atoms with Gasteiger partial charge in [-0.15, -0.1) is 11.8 Å². The van der Waals surface area contributed by atoms with E-state index in [1.54, 1.807) is 18.7 Å². The van der Waals surface area contributed by atoms with Crippen molar-refractivity contribution in [3.8, 4) is 0 Å². The van der Waals surface area contributed by atoms with Gasteiger partial charge in [-0.25, -0.2) is 0 Å². The first-order chi connectivity index (χ1) is 6.74. The monoisotopic (exact) mass is 208 g/mol. The fourth-order valence-corrected chi connectivity index (χ4v) is 2.43. The zero-order chi connectivity index (χ0) is 10.4. The van der Waals surface area contributed by atoms with Gasteiger partial charge >= 0.3 is 0 Å². The van der Waals surface area contributed by atoms with E-state index in [-0.39, 0.29) is 11.0 Å². The van der Waals surface area contributed by atoms with E-state index in [0.717, 1.165) is 12.8 Å². The van der Waals surface area contributed by atoms with Gasteiger partial charge in [0.2, 0.25) is 0 Å². The minimum absolute atomic E-state index is 0.127. The molecule has 0 spiro atoms. The van der Waals surface area contributed by atoms with E-state index in [0.29, 0.717) is 0 Å². The van der Waals surface area contributed by atoms with Crippen LogP contribution in [0.4, 0.5) is 0 Å². The number of rotatable bonds is 5. The van der Waals surface area contributed by atoms with Crippen LogP contribution in [-0.4, -0.2) is 11.0 Å². The van der Waals surface area contributed by atoms with Gasteiger partial charge in [0.05, 0.1) is 5.25 Å². The minimum Gasteiger partial charge on any atom is -0.299 e. The number of benzene rings is 1. The standard InChI is InChI=1S/C12H16OS/c1-3-7-12(10(2)13)14-11-8-5-4-6-9-11/h4-6,8-9,12H,3,7H2,1-2H3/t12-/m1/s1. The van der Waals surface area contributed by atoms with Crippen LogP contribution in [0.5, 0.6) is 0 Å². The molecule has 14 heavy (non-hydrogen) atoms. The van der Waals surface area contributed by atoms with Gasteiger partial charge in [-0.05, 0) is 25.5 Å². The molecular formula is C12H16OS. The maximum absolute atomic E-state index is 11.3. The van der Waals surface area contributed by atoms with Crippen molar-refractivity contribution in [1.82, 2.24) is 0 Å². The lowest BCUT2D eigenvalue weighted by atomic mass is 10.2. The average Bonchev–Trinajstić information content (AvgIpc) is 2.18. The van der Waals surface area contributed by atoms with Gasteiger partial charge in [-0.3, -0.25) is 4.79 Å². The topological polar surface area (TPSA) is 17.1 Å². The number of carbonyl (C=O) groups is 1. The maximum Gasteiger partial charge on any atom is 0.143 e. The lowest BCUT2D eigenvalue weighted by Crippen LogP contribution is -2.12. The van der Waals surface area contributed by atoms with Crippen LogP contribution in [0.3, 0.4) is 0 Å². The summed E-state index contributed by atoms with van der Waals surface area (Å²) in [7, 11) is 0. The van der Waals surface area contributed by atoms with Crippen LogP contribution in [-0.2, 0) is 4.79 Å². The highest BCUT2D eigenvalue weighted by Crippen LogP contribution is 2.26. The third-order valence-electron chi connectivity index (χ3n) is 2.03. The molecule has 1 nitrogen and oxygen atoms in total. The normalized spacial score (nSPS) is 12.4. The third kappa shape index (κ3) is 3.54. The molecule has 0 saturated heterocycles. The Hall–Kier alpha value is -0.760. The molecule has 0 unspecified atom stereocenters. The Morgan fingerprint density at radius 3 is 2.50 bits per heavy atom. The second-order valence-corrected chi connectivity index (χ2v) is 4.60. The first-order valence-corrected chi connectivity index (χ1v) is 5.84. The first kappa shape index (κ1) is 11.3.